The Morgan fingerprint density at radius 2 is 1.73 bits per heavy atom. The van der Waals surface area contributed by atoms with Gasteiger partial charge in [0.05, 0.1) is 5.16 Å². The zero-order chi connectivity index (χ0) is 9.12. The highest BCUT2D eigenvalue weighted by Gasteiger charge is 2.42. The molecular formula is C6H14BrO3P. The van der Waals surface area contributed by atoms with Gasteiger partial charge in [-0.15, -0.1) is 0 Å². The van der Waals surface area contributed by atoms with Crippen molar-refractivity contribution in [1.29, 1.82) is 0 Å². The first-order chi connectivity index (χ1) is 4.93. The van der Waals surface area contributed by atoms with Crippen LogP contribution in [0.2, 0.25) is 0 Å². The van der Waals surface area contributed by atoms with E-state index in [1.54, 1.807) is 13.8 Å². The van der Waals surface area contributed by atoms with Crippen molar-refractivity contribution < 1.29 is 14.4 Å². The van der Waals surface area contributed by atoms with Crippen molar-refractivity contribution in [3.05, 3.63) is 0 Å². The zero-order valence-electron chi connectivity index (χ0n) is 6.75. The van der Waals surface area contributed by atoms with Gasteiger partial charge in [-0.25, -0.2) is 0 Å². The first kappa shape index (κ1) is 11.6. The minimum Gasteiger partial charge on any atom is -0.324 e. The number of hydrogen-bond acceptors (Lipinski definition) is 1. The topological polar surface area (TPSA) is 57.5 Å². The quantitative estimate of drug-likeness (QED) is 0.589. The van der Waals surface area contributed by atoms with Crippen LogP contribution in [0.5, 0.6) is 0 Å². The Morgan fingerprint density at radius 3 is 1.73 bits per heavy atom. The molecule has 0 spiro atoms. The van der Waals surface area contributed by atoms with Gasteiger partial charge in [-0.3, -0.25) is 4.57 Å². The molecule has 0 aromatic rings. The minimum atomic E-state index is -3.95. The van der Waals surface area contributed by atoms with E-state index in [0.717, 1.165) is 0 Å². The molecule has 0 saturated heterocycles. The molecule has 0 bridgehead atoms. The zero-order valence-corrected chi connectivity index (χ0v) is 9.23. The molecular weight excluding hydrogens is 231 g/mol. The van der Waals surface area contributed by atoms with E-state index in [1.807, 2.05) is 0 Å². The molecule has 0 heterocycles. The van der Waals surface area contributed by atoms with Crippen LogP contribution in [0, 0.1) is 0 Å². The summed E-state index contributed by atoms with van der Waals surface area (Å²) in [5.74, 6) is 0. The summed E-state index contributed by atoms with van der Waals surface area (Å²) in [4.78, 5) is 18.0. The van der Waals surface area contributed by atoms with Gasteiger partial charge in [-0.2, -0.15) is 0 Å². The molecule has 11 heavy (non-hydrogen) atoms. The van der Waals surface area contributed by atoms with Gasteiger partial charge in [0.25, 0.3) is 0 Å². The molecule has 0 aliphatic rings. The lowest BCUT2D eigenvalue weighted by Gasteiger charge is -2.29. The van der Waals surface area contributed by atoms with Gasteiger partial charge in [-0.1, -0.05) is 29.8 Å². The van der Waals surface area contributed by atoms with Crippen LogP contribution in [0.15, 0.2) is 0 Å². The summed E-state index contributed by atoms with van der Waals surface area (Å²) >= 11 is 3.14. The molecule has 0 aromatic heterocycles. The summed E-state index contributed by atoms with van der Waals surface area (Å²) in [6, 6.07) is 0. The van der Waals surface area contributed by atoms with E-state index in [0.29, 0.717) is 18.2 Å². The van der Waals surface area contributed by atoms with Crippen molar-refractivity contribution in [2.45, 2.75) is 31.8 Å². The summed E-state index contributed by atoms with van der Waals surface area (Å²) in [5, 5.41) is -0.496. The maximum atomic E-state index is 11.0. The second-order valence-corrected chi connectivity index (χ2v) is 5.21. The molecule has 5 heteroatoms. The standard InChI is InChI=1S/C6H14BrO3P/c1-3-6(4-2,5-7)11(8,9)10/h3-5H2,1-2H3,(H2,8,9,10). The molecule has 0 aromatic carbocycles. The highest BCUT2D eigenvalue weighted by molar-refractivity contribution is 9.09. The van der Waals surface area contributed by atoms with Crippen LogP contribution in [-0.4, -0.2) is 20.3 Å². The molecule has 0 atom stereocenters. The van der Waals surface area contributed by atoms with Crippen LogP contribution in [0.25, 0.3) is 0 Å². The third kappa shape index (κ3) is 2.28. The fourth-order valence-corrected chi connectivity index (χ4v) is 3.68. The monoisotopic (exact) mass is 244 g/mol. The van der Waals surface area contributed by atoms with Gasteiger partial charge in [-0.05, 0) is 12.8 Å². The summed E-state index contributed by atoms with van der Waals surface area (Å²) in [7, 11) is -3.95. The van der Waals surface area contributed by atoms with Crippen LogP contribution in [0.4, 0.5) is 0 Å². The highest BCUT2D eigenvalue weighted by atomic mass is 79.9. The van der Waals surface area contributed by atoms with E-state index < -0.39 is 12.8 Å². The lowest BCUT2D eigenvalue weighted by atomic mass is 10.1. The molecule has 0 unspecified atom stereocenters. The van der Waals surface area contributed by atoms with Crippen molar-refractivity contribution in [2.24, 2.45) is 0 Å². The Hall–Kier alpha value is 0.630. The number of hydrogen-bond donors (Lipinski definition) is 2. The lowest BCUT2D eigenvalue weighted by Crippen LogP contribution is -2.28. The second-order valence-electron chi connectivity index (χ2n) is 2.61. The third-order valence-corrected chi connectivity index (χ3v) is 5.72. The van der Waals surface area contributed by atoms with Crippen LogP contribution < -0.4 is 0 Å². The molecule has 68 valence electrons. The molecule has 0 rings (SSSR count). The second kappa shape index (κ2) is 4.04. The Bertz CT molecular complexity index is 153. The summed E-state index contributed by atoms with van der Waals surface area (Å²) in [6.07, 6.45) is 0.998. The molecule has 0 amide bonds. The summed E-state index contributed by atoms with van der Waals surface area (Å²) < 4.78 is 11.0. The molecule has 2 N–H and O–H groups in total. The van der Waals surface area contributed by atoms with Gasteiger partial charge in [0.2, 0.25) is 0 Å². The largest absolute Gasteiger partial charge is 0.332 e. The normalized spacial score (nSPS) is 13.5. The van der Waals surface area contributed by atoms with E-state index in [1.165, 1.54) is 0 Å². The SMILES string of the molecule is CCC(CC)(CBr)P(=O)(O)O. The van der Waals surface area contributed by atoms with Crippen LogP contribution in [0.1, 0.15) is 26.7 Å². The summed E-state index contributed by atoms with van der Waals surface area (Å²) in [6.45, 7) is 3.59. The Labute approximate surface area is 75.5 Å². The molecule has 3 nitrogen and oxygen atoms in total. The van der Waals surface area contributed by atoms with E-state index in [9.17, 15) is 4.57 Å². The Balaban J connectivity index is 4.70. The number of rotatable bonds is 4. The Morgan fingerprint density at radius 1 is 1.36 bits per heavy atom. The maximum Gasteiger partial charge on any atom is 0.332 e. The first-order valence-electron chi connectivity index (χ1n) is 3.55. The van der Waals surface area contributed by atoms with Crippen LogP contribution in [0.3, 0.4) is 0 Å². The number of alkyl halides is 1. The van der Waals surface area contributed by atoms with Crippen LogP contribution in [-0.2, 0) is 4.57 Å². The Kier molecular flexibility index (Phi) is 4.27. The molecule has 0 saturated carbocycles. The predicted octanol–water partition coefficient (Wildman–Crippen LogP) is 2.12. The van der Waals surface area contributed by atoms with Gasteiger partial charge < -0.3 is 9.79 Å². The fraction of sp³-hybridized carbons (Fsp3) is 1.00. The average Bonchev–Trinajstić information content (AvgIpc) is 1.90. The van der Waals surface area contributed by atoms with Gasteiger partial charge in [0.1, 0.15) is 0 Å². The van der Waals surface area contributed by atoms with Crippen molar-refractivity contribution >= 4 is 23.5 Å². The molecule has 0 radical (unpaired) electrons. The molecule has 0 aliphatic heterocycles. The smallest absolute Gasteiger partial charge is 0.324 e. The van der Waals surface area contributed by atoms with E-state index in [2.05, 4.69) is 15.9 Å². The van der Waals surface area contributed by atoms with Crippen molar-refractivity contribution in [3.8, 4) is 0 Å². The summed E-state index contributed by atoms with van der Waals surface area (Å²) in [5.41, 5.74) is 0. The van der Waals surface area contributed by atoms with Crippen molar-refractivity contribution in [3.63, 3.8) is 0 Å². The van der Waals surface area contributed by atoms with Gasteiger partial charge in [0.15, 0.2) is 0 Å². The maximum absolute atomic E-state index is 11.0. The predicted molar refractivity (Wildman–Crippen MR) is 49.2 cm³/mol. The van der Waals surface area contributed by atoms with Crippen LogP contribution >= 0.6 is 23.5 Å². The van der Waals surface area contributed by atoms with Crippen molar-refractivity contribution in [2.75, 3.05) is 5.33 Å². The molecule has 0 fully saturated rings. The molecule has 0 aliphatic carbocycles. The van der Waals surface area contributed by atoms with E-state index in [-0.39, 0.29) is 0 Å². The first-order valence-corrected chi connectivity index (χ1v) is 6.28. The van der Waals surface area contributed by atoms with Crippen molar-refractivity contribution in [1.82, 2.24) is 0 Å². The van der Waals surface area contributed by atoms with E-state index >= 15 is 0 Å². The van der Waals surface area contributed by atoms with Gasteiger partial charge >= 0.3 is 7.60 Å². The van der Waals surface area contributed by atoms with Gasteiger partial charge in [0, 0.05) is 5.33 Å². The fourth-order valence-electron chi connectivity index (χ4n) is 0.929. The average molecular weight is 245 g/mol. The highest BCUT2D eigenvalue weighted by Crippen LogP contribution is 2.55. The number of halogens is 1. The third-order valence-electron chi connectivity index (χ3n) is 2.18. The van der Waals surface area contributed by atoms with E-state index in [4.69, 9.17) is 9.79 Å². The lowest BCUT2D eigenvalue weighted by molar-refractivity contribution is 0.325. The minimum absolute atomic E-state index is 0.358.